The lowest BCUT2D eigenvalue weighted by Gasteiger charge is -2.10. The van der Waals surface area contributed by atoms with Gasteiger partial charge in [-0.2, -0.15) is 18.3 Å². The average Bonchev–Trinajstić information content (AvgIpc) is 2.87. The molecule has 1 heterocycles. The van der Waals surface area contributed by atoms with Gasteiger partial charge in [0.1, 0.15) is 0 Å². The van der Waals surface area contributed by atoms with E-state index in [0.717, 1.165) is 24.1 Å². The van der Waals surface area contributed by atoms with Crippen molar-refractivity contribution in [2.45, 2.75) is 19.0 Å². The predicted molar refractivity (Wildman–Crippen MR) is 72.5 cm³/mol. The number of alkyl halides is 3. The summed E-state index contributed by atoms with van der Waals surface area (Å²) in [6.45, 7) is 0.550. The molecule has 0 saturated carbocycles. The SMILES string of the molecule is COc1c(CCCN)cnn1-c1ccc(C(F)(F)F)cc1. The lowest BCUT2D eigenvalue weighted by Crippen LogP contribution is -2.06. The molecule has 2 N–H and O–H groups in total. The van der Waals surface area contributed by atoms with Gasteiger partial charge in [0.05, 0.1) is 24.6 Å². The Morgan fingerprint density at radius 2 is 1.90 bits per heavy atom. The van der Waals surface area contributed by atoms with Gasteiger partial charge in [-0.05, 0) is 43.7 Å². The molecule has 0 radical (unpaired) electrons. The van der Waals surface area contributed by atoms with E-state index in [0.29, 0.717) is 24.5 Å². The fourth-order valence-electron chi connectivity index (χ4n) is 2.03. The molecule has 2 aromatic rings. The van der Waals surface area contributed by atoms with Crippen molar-refractivity contribution >= 4 is 0 Å². The van der Waals surface area contributed by atoms with E-state index < -0.39 is 11.7 Å². The van der Waals surface area contributed by atoms with Crippen molar-refractivity contribution in [2.24, 2.45) is 5.73 Å². The van der Waals surface area contributed by atoms with E-state index >= 15 is 0 Å². The van der Waals surface area contributed by atoms with E-state index in [-0.39, 0.29) is 0 Å². The number of methoxy groups -OCH3 is 1. The first-order valence-corrected chi connectivity index (χ1v) is 6.46. The third-order valence-corrected chi connectivity index (χ3v) is 3.08. The zero-order chi connectivity index (χ0) is 15.5. The van der Waals surface area contributed by atoms with Crippen molar-refractivity contribution in [1.29, 1.82) is 0 Å². The highest BCUT2D eigenvalue weighted by Gasteiger charge is 2.30. The van der Waals surface area contributed by atoms with E-state index in [1.807, 2.05) is 0 Å². The molecule has 1 aromatic heterocycles. The molecule has 21 heavy (non-hydrogen) atoms. The Balaban J connectivity index is 2.31. The van der Waals surface area contributed by atoms with Gasteiger partial charge in [0.25, 0.3) is 0 Å². The van der Waals surface area contributed by atoms with Crippen LogP contribution in [0.25, 0.3) is 5.69 Å². The molecule has 0 aliphatic heterocycles. The van der Waals surface area contributed by atoms with Crippen molar-refractivity contribution in [2.75, 3.05) is 13.7 Å². The van der Waals surface area contributed by atoms with Crippen LogP contribution in [-0.4, -0.2) is 23.4 Å². The highest BCUT2D eigenvalue weighted by molar-refractivity contribution is 5.40. The smallest absolute Gasteiger partial charge is 0.416 e. The quantitative estimate of drug-likeness (QED) is 0.923. The summed E-state index contributed by atoms with van der Waals surface area (Å²) in [7, 11) is 1.50. The Labute approximate surface area is 120 Å². The van der Waals surface area contributed by atoms with Crippen molar-refractivity contribution in [3.05, 3.63) is 41.6 Å². The Kier molecular flexibility index (Phi) is 4.52. The molecule has 114 valence electrons. The Hall–Kier alpha value is -2.02. The lowest BCUT2D eigenvalue weighted by molar-refractivity contribution is -0.137. The minimum atomic E-state index is -4.35. The number of ether oxygens (including phenoxy) is 1. The van der Waals surface area contributed by atoms with Gasteiger partial charge in [-0.3, -0.25) is 0 Å². The molecule has 0 saturated heterocycles. The van der Waals surface area contributed by atoms with Gasteiger partial charge in [0.15, 0.2) is 0 Å². The number of halogens is 3. The van der Waals surface area contributed by atoms with Gasteiger partial charge in [-0.25, -0.2) is 4.68 Å². The number of aryl methyl sites for hydroxylation is 1. The van der Waals surface area contributed by atoms with Crippen molar-refractivity contribution in [3.8, 4) is 11.6 Å². The number of hydrogen-bond acceptors (Lipinski definition) is 3. The monoisotopic (exact) mass is 299 g/mol. The molecule has 4 nitrogen and oxygen atoms in total. The fraction of sp³-hybridized carbons (Fsp3) is 0.357. The maximum Gasteiger partial charge on any atom is 0.416 e. The van der Waals surface area contributed by atoms with Crippen LogP contribution in [0.15, 0.2) is 30.5 Å². The molecule has 0 bridgehead atoms. The zero-order valence-electron chi connectivity index (χ0n) is 11.5. The molecule has 0 aliphatic rings. The maximum absolute atomic E-state index is 12.6. The predicted octanol–water partition coefficient (Wildman–Crippen LogP) is 2.79. The maximum atomic E-state index is 12.6. The fourth-order valence-corrected chi connectivity index (χ4v) is 2.03. The van der Waals surface area contributed by atoms with Crippen LogP contribution in [0.4, 0.5) is 13.2 Å². The van der Waals surface area contributed by atoms with E-state index in [4.69, 9.17) is 10.5 Å². The second-order valence-electron chi connectivity index (χ2n) is 4.53. The average molecular weight is 299 g/mol. The first kappa shape index (κ1) is 15.4. The first-order valence-electron chi connectivity index (χ1n) is 6.46. The molecule has 0 spiro atoms. The van der Waals surface area contributed by atoms with Crippen LogP contribution in [-0.2, 0) is 12.6 Å². The highest BCUT2D eigenvalue weighted by Crippen LogP contribution is 2.30. The molecule has 0 fully saturated rings. The number of hydrogen-bond donors (Lipinski definition) is 1. The van der Waals surface area contributed by atoms with Crippen molar-refractivity contribution in [1.82, 2.24) is 9.78 Å². The van der Waals surface area contributed by atoms with E-state index in [1.165, 1.54) is 23.9 Å². The van der Waals surface area contributed by atoms with Crippen LogP contribution in [0.5, 0.6) is 5.88 Å². The van der Waals surface area contributed by atoms with Crippen LogP contribution in [0.1, 0.15) is 17.5 Å². The van der Waals surface area contributed by atoms with E-state index in [1.54, 1.807) is 6.20 Å². The van der Waals surface area contributed by atoms with Gasteiger partial charge >= 0.3 is 6.18 Å². The van der Waals surface area contributed by atoms with Gasteiger partial charge in [-0.1, -0.05) is 0 Å². The largest absolute Gasteiger partial charge is 0.481 e. The van der Waals surface area contributed by atoms with E-state index in [2.05, 4.69) is 5.10 Å². The third-order valence-electron chi connectivity index (χ3n) is 3.08. The Morgan fingerprint density at radius 3 is 2.43 bits per heavy atom. The standard InChI is InChI=1S/C14H16F3N3O/c1-21-13-10(3-2-8-18)9-19-20(13)12-6-4-11(5-7-12)14(15,16)17/h4-7,9H,2-3,8,18H2,1H3. The van der Waals surface area contributed by atoms with Gasteiger partial charge < -0.3 is 10.5 Å². The second kappa shape index (κ2) is 6.17. The lowest BCUT2D eigenvalue weighted by atomic mass is 10.2. The Morgan fingerprint density at radius 1 is 1.24 bits per heavy atom. The zero-order valence-corrected chi connectivity index (χ0v) is 11.5. The van der Waals surface area contributed by atoms with Crippen LogP contribution in [0.3, 0.4) is 0 Å². The molecule has 0 amide bonds. The number of rotatable bonds is 5. The van der Waals surface area contributed by atoms with Crippen LogP contribution in [0.2, 0.25) is 0 Å². The number of aromatic nitrogens is 2. The molecule has 0 unspecified atom stereocenters. The summed E-state index contributed by atoms with van der Waals surface area (Å²) in [4.78, 5) is 0. The second-order valence-corrected chi connectivity index (χ2v) is 4.53. The highest BCUT2D eigenvalue weighted by atomic mass is 19.4. The Bertz CT molecular complexity index is 591. The normalized spacial score (nSPS) is 11.7. The topological polar surface area (TPSA) is 53.1 Å². The van der Waals surface area contributed by atoms with Crippen molar-refractivity contribution in [3.63, 3.8) is 0 Å². The molecule has 2 rings (SSSR count). The van der Waals surface area contributed by atoms with Gasteiger partial charge in [0, 0.05) is 5.56 Å². The molecular formula is C14H16F3N3O. The van der Waals surface area contributed by atoms with Crippen molar-refractivity contribution < 1.29 is 17.9 Å². The number of benzene rings is 1. The molecular weight excluding hydrogens is 283 g/mol. The van der Waals surface area contributed by atoms with Gasteiger partial charge in [-0.15, -0.1) is 0 Å². The van der Waals surface area contributed by atoms with E-state index in [9.17, 15) is 13.2 Å². The summed E-state index contributed by atoms with van der Waals surface area (Å²) in [5.41, 5.74) is 6.17. The molecule has 0 aliphatic carbocycles. The van der Waals surface area contributed by atoms with Gasteiger partial charge in [0.2, 0.25) is 5.88 Å². The molecule has 1 aromatic carbocycles. The summed E-state index contributed by atoms with van der Waals surface area (Å²) >= 11 is 0. The van der Waals surface area contributed by atoms with Crippen LogP contribution in [0, 0.1) is 0 Å². The summed E-state index contributed by atoms with van der Waals surface area (Å²) in [6.07, 6.45) is -1.21. The summed E-state index contributed by atoms with van der Waals surface area (Å²) in [6, 6.07) is 4.78. The number of nitrogens with two attached hydrogens (primary N) is 1. The summed E-state index contributed by atoms with van der Waals surface area (Å²) in [5.74, 6) is 0.517. The van der Waals surface area contributed by atoms with Crippen LogP contribution < -0.4 is 10.5 Å². The molecule has 0 atom stereocenters. The molecule has 7 heteroatoms. The number of nitrogens with zero attached hydrogens (tertiary/aromatic N) is 2. The third kappa shape index (κ3) is 3.36. The summed E-state index contributed by atoms with van der Waals surface area (Å²) in [5, 5.41) is 4.17. The first-order chi connectivity index (χ1) is 9.97. The summed E-state index contributed by atoms with van der Waals surface area (Å²) < 4.78 is 44.4. The van der Waals surface area contributed by atoms with Crippen LogP contribution >= 0.6 is 0 Å². The minimum absolute atomic E-state index is 0.513. The minimum Gasteiger partial charge on any atom is -0.481 e.